The molecule has 0 aliphatic carbocycles. The number of ether oxygens (including phenoxy) is 1. The molecule has 8 heteroatoms. The molecule has 7 nitrogen and oxygen atoms in total. The molecular formula is C31H30ClN5O2. The van der Waals surface area contributed by atoms with E-state index < -0.39 is 0 Å². The maximum Gasteiger partial charge on any atom is 0.138 e. The van der Waals surface area contributed by atoms with Crippen molar-refractivity contribution >= 4 is 28.3 Å². The summed E-state index contributed by atoms with van der Waals surface area (Å²) < 4.78 is 7.53. The van der Waals surface area contributed by atoms with Crippen LogP contribution < -0.4 is 4.90 Å². The van der Waals surface area contributed by atoms with Crippen LogP contribution in [0.1, 0.15) is 18.4 Å². The molecule has 0 spiro atoms. The molecule has 0 bridgehead atoms. The summed E-state index contributed by atoms with van der Waals surface area (Å²) in [4.78, 5) is 16.5. The fourth-order valence-corrected chi connectivity index (χ4v) is 5.84. The van der Waals surface area contributed by atoms with Gasteiger partial charge in [0, 0.05) is 50.0 Å². The molecule has 6 rings (SSSR count). The number of aliphatic hydroxyl groups is 1. The fourth-order valence-electron chi connectivity index (χ4n) is 5.50. The van der Waals surface area contributed by atoms with Crippen molar-refractivity contribution in [1.82, 2.24) is 19.5 Å². The van der Waals surface area contributed by atoms with Gasteiger partial charge in [0.05, 0.1) is 47.2 Å². The van der Waals surface area contributed by atoms with E-state index in [0.29, 0.717) is 5.02 Å². The lowest BCUT2D eigenvalue weighted by atomic mass is 9.94. The van der Waals surface area contributed by atoms with Gasteiger partial charge in [-0.3, -0.25) is 4.98 Å². The summed E-state index contributed by atoms with van der Waals surface area (Å²) in [5.74, 6) is 0.897. The summed E-state index contributed by atoms with van der Waals surface area (Å²) in [6, 6.07) is 18.2. The Morgan fingerprint density at radius 2 is 1.82 bits per heavy atom. The molecule has 4 heterocycles. The second kappa shape index (κ2) is 10.8. The predicted molar refractivity (Wildman–Crippen MR) is 156 cm³/mol. The van der Waals surface area contributed by atoms with E-state index in [4.69, 9.17) is 21.3 Å². The Hall–Kier alpha value is -3.78. The second-order valence-electron chi connectivity index (χ2n) is 9.89. The Morgan fingerprint density at radius 3 is 2.51 bits per heavy atom. The van der Waals surface area contributed by atoms with Gasteiger partial charge in [0.25, 0.3) is 0 Å². The first-order valence-corrected chi connectivity index (χ1v) is 13.5. The van der Waals surface area contributed by atoms with Crippen LogP contribution in [0.3, 0.4) is 0 Å². The minimum atomic E-state index is -0.113. The lowest BCUT2D eigenvalue weighted by Crippen LogP contribution is -2.37. The molecule has 0 amide bonds. The number of fused-ring (bicyclic) bond motifs is 1. The molecule has 1 N–H and O–H groups in total. The summed E-state index contributed by atoms with van der Waals surface area (Å²) in [5.41, 5.74) is 6.95. The maximum absolute atomic E-state index is 10.2. The number of methoxy groups -OCH3 is 1. The minimum Gasteiger partial charge on any atom is -0.392 e. The lowest BCUT2D eigenvalue weighted by molar-refractivity contribution is 0.0818. The predicted octanol–water partition coefficient (Wildman–Crippen LogP) is 6.13. The number of anilines is 1. The van der Waals surface area contributed by atoms with Gasteiger partial charge in [0.15, 0.2) is 0 Å². The molecule has 0 atom stereocenters. The van der Waals surface area contributed by atoms with Crippen molar-refractivity contribution in [3.05, 3.63) is 83.9 Å². The third-order valence-electron chi connectivity index (χ3n) is 7.60. The standard InChI is InChI=1S/C31H30ClN5O2/c1-36-19-33-17-26(36)30-27(22(18-38)10-13-34-30)21-8-9-25-24(16-21)29(32)28(20-6-4-3-5-7-20)31(35-25)37-14-11-23(39-2)12-15-37/h3-10,13,16-17,19,23,38H,11-12,14-15,18H2,1-2H3. The van der Waals surface area contributed by atoms with Gasteiger partial charge in [0.2, 0.25) is 0 Å². The molecule has 1 fully saturated rings. The van der Waals surface area contributed by atoms with Crippen LogP contribution in [0.4, 0.5) is 5.82 Å². The van der Waals surface area contributed by atoms with Gasteiger partial charge in [-0.15, -0.1) is 0 Å². The number of aromatic nitrogens is 4. The van der Waals surface area contributed by atoms with Crippen LogP contribution in [-0.4, -0.2) is 50.9 Å². The molecule has 0 unspecified atom stereocenters. The monoisotopic (exact) mass is 539 g/mol. The second-order valence-corrected chi connectivity index (χ2v) is 10.3. The first kappa shape index (κ1) is 25.5. The third kappa shape index (κ3) is 4.67. The van der Waals surface area contributed by atoms with E-state index >= 15 is 0 Å². The van der Waals surface area contributed by atoms with Gasteiger partial charge in [-0.1, -0.05) is 48.0 Å². The zero-order chi connectivity index (χ0) is 26.9. The van der Waals surface area contributed by atoms with E-state index in [0.717, 1.165) is 81.9 Å². The number of imidazole rings is 1. The number of benzene rings is 2. The number of aryl methyl sites for hydroxylation is 1. The topological polar surface area (TPSA) is 76.3 Å². The van der Waals surface area contributed by atoms with E-state index in [1.807, 2.05) is 48.0 Å². The molecule has 5 aromatic rings. The Labute approximate surface area is 232 Å². The molecule has 198 valence electrons. The first-order valence-electron chi connectivity index (χ1n) is 13.1. The van der Waals surface area contributed by atoms with Crippen LogP contribution in [0.25, 0.3) is 44.5 Å². The number of hydrogen-bond donors (Lipinski definition) is 1. The minimum absolute atomic E-state index is 0.113. The largest absolute Gasteiger partial charge is 0.392 e. The normalized spacial score (nSPS) is 14.3. The number of aliphatic hydroxyl groups excluding tert-OH is 1. The summed E-state index contributed by atoms with van der Waals surface area (Å²) >= 11 is 7.28. The van der Waals surface area contributed by atoms with E-state index in [9.17, 15) is 5.11 Å². The van der Waals surface area contributed by atoms with Crippen molar-refractivity contribution in [2.45, 2.75) is 25.6 Å². The number of nitrogens with zero attached hydrogens (tertiary/aromatic N) is 5. The quantitative estimate of drug-likeness (QED) is 0.280. The SMILES string of the molecule is COC1CCN(c2nc3ccc(-c4c(CO)ccnc4-c4cncn4C)cc3c(Cl)c2-c2ccccc2)CC1. The van der Waals surface area contributed by atoms with Gasteiger partial charge >= 0.3 is 0 Å². The highest BCUT2D eigenvalue weighted by atomic mass is 35.5. The maximum atomic E-state index is 10.2. The van der Waals surface area contributed by atoms with Crippen LogP contribution >= 0.6 is 11.6 Å². The molecule has 0 radical (unpaired) electrons. The van der Waals surface area contributed by atoms with Gasteiger partial charge in [0.1, 0.15) is 5.82 Å². The highest BCUT2D eigenvalue weighted by Crippen LogP contribution is 2.43. The molecular weight excluding hydrogens is 510 g/mol. The Kier molecular flexibility index (Phi) is 7.04. The van der Waals surface area contributed by atoms with E-state index in [-0.39, 0.29) is 12.7 Å². The van der Waals surface area contributed by atoms with Gasteiger partial charge < -0.3 is 19.3 Å². The van der Waals surface area contributed by atoms with E-state index in [2.05, 4.69) is 33.1 Å². The van der Waals surface area contributed by atoms with Gasteiger partial charge in [-0.05, 0) is 47.7 Å². The Morgan fingerprint density at radius 1 is 1.03 bits per heavy atom. The van der Waals surface area contributed by atoms with Crippen molar-refractivity contribution < 1.29 is 9.84 Å². The van der Waals surface area contributed by atoms with Crippen molar-refractivity contribution in [1.29, 1.82) is 0 Å². The Bertz CT molecular complexity index is 1630. The fraction of sp³-hybridized carbons (Fsp3) is 0.258. The molecule has 3 aromatic heterocycles. The number of piperidine rings is 1. The molecule has 39 heavy (non-hydrogen) atoms. The number of hydrogen-bond acceptors (Lipinski definition) is 6. The zero-order valence-corrected chi connectivity index (χ0v) is 22.8. The summed E-state index contributed by atoms with van der Waals surface area (Å²) in [7, 11) is 3.71. The average Bonchev–Trinajstić information content (AvgIpc) is 3.42. The van der Waals surface area contributed by atoms with Crippen molar-refractivity contribution in [2.75, 3.05) is 25.1 Å². The Balaban J connectivity index is 1.55. The van der Waals surface area contributed by atoms with E-state index in [1.165, 1.54) is 0 Å². The third-order valence-corrected chi connectivity index (χ3v) is 7.99. The molecule has 1 aliphatic heterocycles. The number of halogens is 1. The number of pyridine rings is 2. The molecule has 1 saturated heterocycles. The van der Waals surface area contributed by atoms with Gasteiger partial charge in [-0.2, -0.15) is 0 Å². The molecule has 1 aliphatic rings. The lowest BCUT2D eigenvalue weighted by Gasteiger charge is -2.33. The molecule has 2 aromatic carbocycles. The van der Waals surface area contributed by atoms with Crippen LogP contribution in [0.2, 0.25) is 5.02 Å². The zero-order valence-electron chi connectivity index (χ0n) is 22.0. The van der Waals surface area contributed by atoms with Crippen LogP contribution in [0, 0.1) is 0 Å². The van der Waals surface area contributed by atoms with Crippen molar-refractivity contribution in [3.63, 3.8) is 0 Å². The summed E-state index contributed by atoms with van der Waals surface area (Å²) in [6.07, 6.45) is 7.42. The summed E-state index contributed by atoms with van der Waals surface area (Å²) in [6.45, 7) is 1.60. The highest BCUT2D eigenvalue weighted by molar-refractivity contribution is 6.39. The van der Waals surface area contributed by atoms with Gasteiger partial charge in [-0.25, -0.2) is 9.97 Å². The van der Waals surface area contributed by atoms with Crippen LogP contribution in [-0.2, 0) is 18.4 Å². The highest BCUT2D eigenvalue weighted by Gasteiger charge is 2.25. The van der Waals surface area contributed by atoms with Crippen LogP contribution in [0.5, 0.6) is 0 Å². The smallest absolute Gasteiger partial charge is 0.138 e. The van der Waals surface area contributed by atoms with Crippen molar-refractivity contribution in [2.24, 2.45) is 7.05 Å². The van der Waals surface area contributed by atoms with Crippen molar-refractivity contribution in [3.8, 4) is 33.6 Å². The number of rotatable bonds is 6. The average molecular weight is 540 g/mol. The van der Waals surface area contributed by atoms with Crippen LogP contribution in [0.15, 0.2) is 73.3 Å². The molecule has 0 saturated carbocycles. The van der Waals surface area contributed by atoms with E-state index in [1.54, 1.807) is 25.8 Å². The summed E-state index contributed by atoms with van der Waals surface area (Å²) in [5, 5.41) is 11.8. The first-order chi connectivity index (χ1) is 19.1.